The van der Waals surface area contributed by atoms with Crippen molar-refractivity contribution in [1.29, 1.82) is 0 Å². The van der Waals surface area contributed by atoms with Gasteiger partial charge in [-0.2, -0.15) is 0 Å². The summed E-state index contributed by atoms with van der Waals surface area (Å²) in [6.45, 7) is 8.75. The second-order valence-electron chi connectivity index (χ2n) is 4.29. The van der Waals surface area contributed by atoms with E-state index >= 15 is 0 Å². The van der Waals surface area contributed by atoms with Crippen molar-refractivity contribution in [3.63, 3.8) is 0 Å². The Morgan fingerprint density at radius 1 is 1.47 bits per heavy atom. The monoisotopic (exact) mass is 213 g/mol. The zero-order valence-corrected chi connectivity index (χ0v) is 10.1. The molecule has 0 saturated carbocycles. The number of amides is 1. The van der Waals surface area contributed by atoms with Gasteiger partial charge in [-0.3, -0.25) is 9.69 Å². The van der Waals surface area contributed by atoms with E-state index in [0.717, 1.165) is 32.6 Å². The Morgan fingerprint density at radius 2 is 2.07 bits per heavy atom. The first-order valence-corrected chi connectivity index (χ1v) is 5.84. The van der Waals surface area contributed by atoms with Crippen LogP contribution in [0.2, 0.25) is 0 Å². The normalized spacial score (nSPS) is 19.9. The van der Waals surface area contributed by atoms with Gasteiger partial charge in [-0.15, -0.1) is 0 Å². The number of nitrogens with one attached hydrogen (secondary N) is 1. The maximum atomic E-state index is 11.9. The smallest absolute Gasteiger partial charge is 0.236 e. The molecule has 0 aromatic carbocycles. The lowest BCUT2D eigenvalue weighted by atomic mass is 10.2. The SMILES string of the molecule is CCC(C)N(C)C(=O)CN1CCNCC1. The van der Waals surface area contributed by atoms with Crippen LogP contribution in [0.3, 0.4) is 0 Å². The predicted octanol–water partition coefficient (Wildman–Crippen LogP) is 0.149. The molecule has 4 nitrogen and oxygen atoms in total. The number of carbonyl (C=O) groups is 1. The van der Waals surface area contributed by atoms with Crippen molar-refractivity contribution in [2.75, 3.05) is 39.8 Å². The van der Waals surface area contributed by atoms with Crippen molar-refractivity contribution in [1.82, 2.24) is 15.1 Å². The van der Waals surface area contributed by atoms with Crippen molar-refractivity contribution in [3.8, 4) is 0 Å². The largest absolute Gasteiger partial charge is 0.342 e. The van der Waals surface area contributed by atoms with E-state index in [9.17, 15) is 4.79 Å². The lowest BCUT2D eigenvalue weighted by Crippen LogP contribution is -2.49. The minimum atomic E-state index is 0.242. The van der Waals surface area contributed by atoms with Gasteiger partial charge in [-0.1, -0.05) is 6.92 Å². The molecule has 1 atom stereocenters. The Hall–Kier alpha value is -0.610. The summed E-state index contributed by atoms with van der Waals surface area (Å²) in [5.74, 6) is 0.242. The average molecular weight is 213 g/mol. The highest BCUT2D eigenvalue weighted by atomic mass is 16.2. The van der Waals surface area contributed by atoms with Gasteiger partial charge < -0.3 is 10.2 Å². The molecule has 1 aliphatic heterocycles. The summed E-state index contributed by atoms with van der Waals surface area (Å²) in [6, 6.07) is 0.348. The minimum Gasteiger partial charge on any atom is -0.342 e. The lowest BCUT2D eigenvalue weighted by Gasteiger charge is -2.30. The molecule has 15 heavy (non-hydrogen) atoms. The van der Waals surface area contributed by atoms with Crippen molar-refractivity contribution < 1.29 is 4.79 Å². The van der Waals surface area contributed by atoms with E-state index in [0.29, 0.717) is 12.6 Å². The summed E-state index contributed by atoms with van der Waals surface area (Å²) in [5.41, 5.74) is 0. The van der Waals surface area contributed by atoms with Crippen LogP contribution in [0.15, 0.2) is 0 Å². The molecule has 1 fully saturated rings. The molecule has 1 N–H and O–H groups in total. The van der Waals surface area contributed by atoms with Gasteiger partial charge in [-0.05, 0) is 13.3 Å². The fourth-order valence-electron chi connectivity index (χ4n) is 1.69. The standard InChI is InChI=1S/C11H23N3O/c1-4-10(2)13(3)11(15)9-14-7-5-12-6-8-14/h10,12H,4-9H2,1-3H3. The highest BCUT2D eigenvalue weighted by Crippen LogP contribution is 2.02. The second kappa shape index (κ2) is 6.08. The van der Waals surface area contributed by atoms with E-state index in [1.54, 1.807) is 0 Å². The van der Waals surface area contributed by atoms with Crippen LogP contribution in [0.4, 0.5) is 0 Å². The van der Waals surface area contributed by atoms with Crippen molar-refractivity contribution in [2.45, 2.75) is 26.3 Å². The Bertz CT molecular complexity index is 202. The van der Waals surface area contributed by atoms with Gasteiger partial charge >= 0.3 is 0 Å². The Labute approximate surface area is 92.6 Å². The highest BCUT2D eigenvalue weighted by molar-refractivity contribution is 5.78. The number of rotatable bonds is 4. The van der Waals surface area contributed by atoms with E-state index in [4.69, 9.17) is 0 Å². The molecule has 1 amide bonds. The Kier molecular flexibility index (Phi) is 5.05. The molecule has 0 aromatic rings. The van der Waals surface area contributed by atoms with Gasteiger partial charge in [-0.25, -0.2) is 0 Å². The summed E-state index contributed by atoms with van der Waals surface area (Å²) < 4.78 is 0. The first-order valence-electron chi connectivity index (χ1n) is 5.84. The third-order valence-electron chi connectivity index (χ3n) is 3.21. The fraction of sp³-hybridized carbons (Fsp3) is 0.909. The molecule has 0 aliphatic carbocycles. The average Bonchev–Trinajstić information content (AvgIpc) is 2.28. The van der Waals surface area contributed by atoms with Crippen LogP contribution in [0.25, 0.3) is 0 Å². The lowest BCUT2D eigenvalue weighted by molar-refractivity contribution is -0.133. The second-order valence-corrected chi connectivity index (χ2v) is 4.29. The molecule has 1 heterocycles. The van der Waals surface area contributed by atoms with Crippen LogP contribution >= 0.6 is 0 Å². The zero-order chi connectivity index (χ0) is 11.3. The Balaban J connectivity index is 2.33. The molecule has 1 unspecified atom stereocenters. The Morgan fingerprint density at radius 3 is 2.60 bits per heavy atom. The summed E-state index contributed by atoms with van der Waals surface area (Å²) in [7, 11) is 1.90. The van der Waals surface area contributed by atoms with Gasteiger partial charge in [0.2, 0.25) is 5.91 Å². The molecule has 4 heteroatoms. The van der Waals surface area contributed by atoms with Gasteiger partial charge in [0, 0.05) is 39.3 Å². The van der Waals surface area contributed by atoms with Crippen LogP contribution in [0.5, 0.6) is 0 Å². The molecule has 1 saturated heterocycles. The van der Waals surface area contributed by atoms with Crippen LogP contribution in [-0.2, 0) is 4.79 Å². The van der Waals surface area contributed by atoms with Crippen molar-refractivity contribution >= 4 is 5.91 Å². The minimum absolute atomic E-state index is 0.242. The quantitative estimate of drug-likeness (QED) is 0.722. The third kappa shape index (κ3) is 3.80. The molecule has 1 aliphatic rings. The first-order chi connectivity index (χ1) is 7.15. The molecule has 88 valence electrons. The van der Waals surface area contributed by atoms with E-state index in [-0.39, 0.29) is 5.91 Å². The van der Waals surface area contributed by atoms with E-state index in [1.807, 2.05) is 11.9 Å². The van der Waals surface area contributed by atoms with Crippen molar-refractivity contribution in [3.05, 3.63) is 0 Å². The number of likely N-dealkylation sites (N-methyl/N-ethyl adjacent to an activating group) is 1. The van der Waals surface area contributed by atoms with Gasteiger partial charge in [0.05, 0.1) is 6.54 Å². The van der Waals surface area contributed by atoms with E-state index in [1.165, 1.54) is 0 Å². The maximum Gasteiger partial charge on any atom is 0.236 e. The van der Waals surface area contributed by atoms with E-state index < -0.39 is 0 Å². The van der Waals surface area contributed by atoms with Gasteiger partial charge in [0.1, 0.15) is 0 Å². The first kappa shape index (κ1) is 12.5. The van der Waals surface area contributed by atoms with Crippen LogP contribution in [-0.4, -0.2) is 61.5 Å². The van der Waals surface area contributed by atoms with Crippen LogP contribution in [0, 0.1) is 0 Å². The number of hydrogen-bond acceptors (Lipinski definition) is 3. The van der Waals surface area contributed by atoms with Crippen LogP contribution in [0.1, 0.15) is 20.3 Å². The summed E-state index contributed by atoms with van der Waals surface area (Å²) in [4.78, 5) is 16.0. The molecule has 0 spiro atoms. The molecular weight excluding hydrogens is 190 g/mol. The number of nitrogens with zero attached hydrogens (tertiary/aromatic N) is 2. The van der Waals surface area contributed by atoms with E-state index in [2.05, 4.69) is 24.1 Å². The number of carbonyl (C=O) groups excluding carboxylic acids is 1. The predicted molar refractivity (Wildman–Crippen MR) is 61.8 cm³/mol. The summed E-state index contributed by atoms with van der Waals surface area (Å²) in [6.07, 6.45) is 1.02. The zero-order valence-electron chi connectivity index (χ0n) is 10.1. The molecule has 0 aromatic heterocycles. The molecular formula is C11H23N3O. The van der Waals surface area contributed by atoms with Crippen LogP contribution < -0.4 is 5.32 Å². The number of piperazine rings is 1. The number of hydrogen-bond donors (Lipinski definition) is 1. The third-order valence-corrected chi connectivity index (χ3v) is 3.21. The molecule has 1 rings (SSSR count). The summed E-state index contributed by atoms with van der Waals surface area (Å²) >= 11 is 0. The topological polar surface area (TPSA) is 35.6 Å². The highest BCUT2D eigenvalue weighted by Gasteiger charge is 2.18. The summed E-state index contributed by atoms with van der Waals surface area (Å²) in [5, 5.41) is 3.28. The molecule has 0 bridgehead atoms. The fourth-order valence-corrected chi connectivity index (χ4v) is 1.69. The maximum absolute atomic E-state index is 11.9. The molecule has 0 radical (unpaired) electrons. The van der Waals surface area contributed by atoms with Gasteiger partial charge in [0.15, 0.2) is 0 Å². The van der Waals surface area contributed by atoms with Gasteiger partial charge in [0.25, 0.3) is 0 Å². The van der Waals surface area contributed by atoms with Crippen molar-refractivity contribution in [2.24, 2.45) is 0 Å².